The molecule has 2 aromatic carbocycles. The minimum Gasteiger partial charge on any atom is -0.490 e. The van der Waals surface area contributed by atoms with E-state index in [4.69, 9.17) is 15.2 Å². The smallest absolute Gasteiger partial charge is 0.241 e. The van der Waals surface area contributed by atoms with Crippen molar-refractivity contribution < 1.29 is 14.3 Å². The molecule has 2 rings (SSSR count). The van der Waals surface area contributed by atoms with E-state index in [9.17, 15) is 4.79 Å². The van der Waals surface area contributed by atoms with Crippen molar-refractivity contribution in [3.63, 3.8) is 0 Å². The Labute approximate surface area is 130 Å². The first-order valence-corrected chi connectivity index (χ1v) is 7.10. The molecule has 4 heteroatoms. The van der Waals surface area contributed by atoms with Crippen LogP contribution in [0.5, 0.6) is 11.5 Å². The number of hydrogen-bond acceptors (Lipinski definition) is 3. The van der Waals surface area contributed by atoms with Crippen molar-refractivity contribution in [1.82, 2.24) is 0 Å². The van der Waals surface area contributed by atoms with Gasteiger partial charge in [-0.05, 0) is 36.3 Å². The second kappa shape index (κ2) is 7.88. The van der Waals surface area contributed by atoms with E-state index < -0.39 is 5.91 Å². The molecular weight excluding hydrogens is 278 g/mol. The molecule has 0 unspecified atom stereocenters. The van der Waals surface area contributed by atoms with Gasteiger partial charge in [0.2, 0.25) is 5.91 Å². The molecule has 22 heavy (non-hydrogen) atoms. The topological polar surface area (TPSA) is 61.5 Å². The van der Waals surface area contributed by atoms with E-state index in [2.05, 4.69) is 0 Å². The quantitative estimate of drug-likeness (QED) is 0.798. The second-order valence-corrected chi connectivity index (χ2v) is 4.65. The lowest BCUT2D eigenvalue weighted by Gasteiger charge is -2.12. The fourth-order valence-corrected chi connectivity index (χ4v) is 1.93. The van der Waals surface area contributed by atoms with Gasteiger partial charge in [-0.1, -0.05) is 36.4 Å². The Hall–Kier alpha value is -2.75. The third-order valence-corrected chi connectivity index (χ3v) is 2.94. The Morgan fingerprint density at radius 2 is 1.86 bits per heavy atom. The molecular formula is C18H19NO3. The van der Waals surface area contributed by atoms with E-state index in [1.165, 1.54) is 6.08 Å². The maximum absolute atomic E-state index is 10.8. The zero-order valence-electron chi connectivity index (χ0n) is 12.5. The molecule has 0 aliphatic carbocycles. The molecule has 0 aliphatic heterocycles. The van der Waals surface area contributed by atoms with E-state index in [-0.39, 0.29) is 0 Å². The van der Waals surface area contributed by atoms with Crippen molar-refractivity contribution in [2.75, 3.05) is 6.61 Å². The van der Waals surface area contributed by atoms with Crippen molar-refractivity contribution >= 4 is 12.0 Å². The molecule has 114 valence electrons. The van der Waals surface area contributed by atoms with Gasteiger partial charge in [0, 0.05) is 6.08 Å². The van der Waals surface area contributed by atoms with Crippen molar-refractivity contribution in [2.45, 2.75) is 13.5 Å². The van der Waals surface area contributed by atoms with E-state index in [0.717, 1.165) is 11.1 Å². The summed E-state index contributed by atoms with van der Waals surface area (Å²) in [5.74, 6) is 0.828. The summed E-state index contributed by atoms with van der Waals surface area (Å²) in [6.07, 6.45) is 2.96. The summed E-state index contributed by atoms with van der Waals surface area (Å²) in [5, 5.41) is 0. The summed E-state index contributed by atoms with van der Waals surface area (Å²) in [7, 11) is 0. The first kappa shape index (κ1) is 15.6. The predicted molar refractivity (Wildman–Crippen MR) is 86.6 cm³/mol. The van der Waals surface area contributed by atoms with Crippen LogP contribution in [0.25, 0.3) is 6.08 Å². The first-order valence-electron chi connectivity index (χ1n) is 7.10. The fourth-order valence-electron chi connectivity index (χ4n) is 1.93. The zero-order chi connectivity index (χ0) is 15.8. The van der Waals surface area contributed by atoms with Crippen molar-refractivity contribution in [3.8, 4) is 11.5 Å². The molecule has 2 aromatic rings. The summed E-state index contributed by atoms with van der Waals surface area (Å²) in [6, 6.07) is 15.4. The summed E-state index contributed by atoms with van der Waals surface area (Å²) in [6.45, 7) is 2.91. The van der Waals surface area contributed by atoms with Crippen LogP contribution in [0.1, 0.15) is 18.1 Å². The highest BCUT2D eigenvalue weighted by atomic mass is 16.5. The Morgan fingerprint density at radius 3 is 2.55 bits per heavy atom. The van der Waals surface area contributed by atoms with Crippen molar-refractivity contribution in [3.05, 3.63) is 65.7 Å². The zero-order valence-corrected chi connectivity index (χ0v) is 12.5. The van der Waals surface area contributed by atoms with Crippen LogP contribution in [0, 0.1) is 0 Å². The fraction of sp³-hybridized carbons (Fsp3) is 0.167. The lowest BCUT2D eigenvalue weighted by Crippen LogP contribution is -2.05. The molecule has 0 saturated heterocycles. The van der Waals surface area contributed by atoms with Gasteiger partial charge in [-0.3, -0.25) is 4.79 Å². The summed E-state index contributed by atoms with van der Waals surface area (Å²) >= 11 is 0. The highest BCUT2D eigenvalue weighted by Crippen LogP contribution is 2.29. The molecule has 0 atom stereocenters. The number of nitrogens with two attached hydrogens (primary N) is 1. The van der Waals surface area contributed by atoms with Gasteiger partial charge in [0.15, 0.2) is 11.5 Å². The number of carbonyl (C=O) groups is 1. The van der Waals surface area contributed by atoms with Gasteiger partial charge in [0.05, 0.1) is 6.61 Å². The molecule has 0 radical (unpaired) electrons. The average molecular weight is 297 g/mol. The number of carbonyl (C=O) groups excluding carboxylic acids is 1. The molecule has 0 fully saturated rings. The third-order valence-electron chi connectivity index (χ3n) is 2.94. The molecule has 0 aliphatic rings. The molecule has 0 bridgehead atoms. The van der Waals surface area contributed by atoms with Crippen LogP contribution in [0.3, 0.4) is 0 Å². The number of hydrogen-bond donors (Lipinski definition) is 1. The van der Waals surface area contributed by atoms with E-state index in [1.54, 1.807) is 6.08 Å². The Balaban J connectivity index is 2.14. The Bertz CT molecular complexity index is 651. The SMILES string of the molecule is CCOc1cc(C=CC(N)=O)ccc1OCc1ccccc1. The van der Waals surface area contributed by atoms with Crippen LogP contribution >= 0.6 is 0 Å². The first-order chi connectivity index (χ1) is 10.7. The van der Waals surface area contributed by atoms with Gasteiger partial charge in [-0.2, -0.15) is 0 Å². The Kier molecular flexibility index (Phi) is 5.60. The van der Waals surface area contributed by atoms with Gasteiger partial charge in [-0.15, -0.1) is 0 Å². The second-order valence-electron chi connectivity index (χ2n) is 4.65. The summed E-state index contributed by atoms with van der Waals surface area (Å²) < 4.78 is 11.4. The molecule has 1 amide bonds. The lowest BCUT2D eigenvalue weighted by molar-refractivity contribution is -0.113. The lowest BCUT2D eigenvalue weighted by atomic mass is 10.2. The number of benzene rings is 2. The monoisotopic (exact) mass is 297 g/mol. The van der Waals surface area contributed by atoms with Gasteiger partial charge in [0.25, 0.3) is 0 Å². The summed E-state index contributed by atoms with van der Waals surface area (Å²) in [4.78, 5) is 10.8. The molecule has 0 aromatic heterocycles. The van der Waals surface area contributed by atoms with Gasteiger partial charge < -0.3 is 15.2 Å². The van der Waals surface area contributed by atoms with Crippen LogP contribution < -0.4 is 15.2 Å². The van der Waals surface area contributed by atoms with Crippen LogP contribution in [-0.4, -0.2) is 12.5 Å². The van der Waals surface area contributed by atoms with E-state index >= 15 is 0 Å². The molecule has 0 spiro atoms. The van der Waals surface area contributed by atoms with E-state index in [0.29, 0.717) is 24.7 Å². The van der Waals surface area contributed by atoms with Crippen molar-refractivity contribution in [1.29, 1.82) is 0 Å². The molecule has 2 N–H and O–H groups in total. The highest BCUT2D eigenvalue weighted by molar-refractivity contribution is 5.90. The number of amides is 1. The number of rotatable bonds is 7. The number of ether oxygens (including phenoxy) is 2. The highest BCUT2D eigenvalue weighted by Gasteiger charge is 2.06. The van der Waals surface area contributed by atoms with E-state index in [1.807, 2.05) is 55.5 Å². The molecule has 0 heterocycles. The molecule has 4 nitrogen and oxygen atoms in total. The van der Waals surface area contributed by atoms with Crippen LogP contribution in [-0.2, 0) is 11.4 Å². The normalized spacial score (nSPS) is 10.6. The number of primary amides is 1. The standard InChI is InChI=1S/C18H19NO3/c1-2-21-17-12-14(9-11-18(19)20)8-10-16(17)22-13-15-6-4-3-5-7-15/h3-12H,2,13H2,1H3,(H2,19,20). The van der Waals surface area contributed by atoms with Crippen LogP contribution in [0.15, 0.2) is 54.6 Å². The van der Waals surface area contributed by atoms with Crippen LogP contribution in [0.4, 0.5) is 0 Å². The third kappa shape index (κ3) is 4.66. The Morgan fingerprint density at radius 1 is 1.09 bits per heavy atom. The maximum atomic E-state index is 10.8. The van der Waals surface area contributed by atoms with Gasteiger partial charge in [0.1, 0.15) is 6.61 Å². The minimum atomic E-state index is -0.484. The van der Waals surface area contributed by atoms with Gasteiger partial charge in [-0.25, -0.2) is 0 Å². The van der Waals surface area contributed by atoms with Gasteiger partial charge >= 0.3 is 0 Å². The molecule has 0 saturated carbocycles. The summed E-state index contributed by atoms with van der Waals surface area (Å²) in [5.41, 5.74) is 7.01. The van der Waals surface area contributed by atoms with Crippen molar-refractivity contribution in [2.24, 2.45) is 5.73 Å². The predicted octanol–water partition coefficient (Wildman–Crippen LogP) is 3.16. The minimum absolute atomic E-state index is 0.470. The largest absolute Gasteiger partial charge is 0.490 e. The maximum Gasteiger partial charge on any atom is 0.241 e. The van der Waals surface area contributed by atoms with Crippen LogP contribution in [0.2, 0.25) is 0 Å². The average Bonchev–Trinajstić information content (AvgIpc) is 2.53.